The van der Waals surface area contributed by atoms with Gasteiger partial charge in [0, 0.05) is 18.3 Å². The van der Waals surface area contributed by atoms with E-state index >= 15 is 0 Å². The Morgan fingerprint density at radius 3 is 2.74 bits per heavy atom. The van der Waals surface area contributed by atoms with E-state index in [1.807, 2.05) is 24.4 Å². The molecule has 8 heteroatoms. The summed E-state index contributed by atoms with van der Waals surface area (Å²) in [7, 11) is 1.77. The number of pyridine rings is 1. The highest BCUT2D eigenvalue weighted by Gasteiger charge is 2.28. The van der Waals surface area contributed by atoms with Gasteiger partial charge in [0.2, 0.25) is 5.82 Å². The van der Waals surface area contributed by atoms with Crippen LogP contribution in [0, 0.1) is 0 Å². The molecule has 0 saturated heterocycles. The number of aromatic nitrogens is 7. The van der Waals surface area contributed by atoms with Gasteiger partial charge in [-0.25, -0.2) is 4.98 Å². The number of nitrogens with one attached hydrogen (secondary N) is 1. The number of aryl methyl sites for hydroxylation is 2. The maximum absolute atomic E-state index is 4.86. The number of rotatable bonds is 6. The number of hydrogen-bond donors (Lipinski definition) is 1. The Labute approximate surface area is 197 Å². The van der Waals surface area contributed by atoms with Crippen molar-refractivity contribution < 1.29 is 0 Å². The quantitative estimate of drug-likeness (QED) is 0.417. The molecule has 1 aliphatic carbocycles. The van der Waals surface area contributed by atoms with E-state index in [1.165, 1.54) is 21.6 Å². The Balaban J connectivity index is 1.31. The van der Waals surface area contributed by atoms with Crippen LogP contribution < -0.4 is 0 Å². The lowest BCUT2D eigenvalue weighted by molar-refractivity contribution is 0.153. The average molecular weight is 451 g/mol. The summed E-state index contributed by atoms with van der Waals surface area (Å²) in [4.78, 5) is 17.1. The fourth-order valence-corrected chi connectivity index (χ4v) is 4.88. The molecule has 6 rings (SSSR count). The predicted octanol–water partition coefficient (Wildman–Crippen LogP) is 4.23. The van der Waals surface area contributed by atoms with Crippen molar-refractivity contribution in [2.24, 2.45) is 7.05 Å². The summed E-state index contributed by atoms with van der Waals surface area (Å²) in [5, 5.41) is 12.4. The molecule has 1 atom stereocenters. The lowest BCUT2D eigenvalue weighted by atomic mass is 9.90. The van der Waals surface area contributed by atoms with Gasteiger partial charge in [-0.05, 0) is 53.8 Å². The van der Waals surface area contributed by atoms with Crippen LogP contribution in [0.25, 0.3) is 22.4 Å². The summed E-state index contributed by atoms with van der Waals surface area (Å²) in [6, 6.07) is 21.1. The molecule has 0 aliphatic heterocycles. The van der Waals surface area contributed by atoms with Gasteiger partial charge in [-0.1, -0.05) is 42.5 Å². The molecule has 3 aromatic heterocycles. The van der Waals surface area contributed by atoms with Crippen molar-refractivity contribution in [1.82, 2.24) is 40.1 Å². The van der Waals surface area contributed by atoms with Gasteiger partial charge in [0.05, 0.1) is 36.4 Å². The molecular formula is C26H26N8. The SMILES string of the molecule is Cn1nnc(-c2ccc(CN(Cc3nc4ccccc4[nH]3)C3CCCc4cccnc43)cc2)n1. The minimum atomic E-state index is 0.250. The molecule has 0 spiro atoms. The number of nitrogens with zero attached hydrogens (tertiary/aromatic N) is 7. The van der Waals surface area contributed by atoms with Crippen molar-refractivity contribution >= 4 is 11.0 Å². The highest BCUT2D eigenvalue weighted by molar-refractivity contribution is 5.74. The number of para-hydroxylation sites is 2. The molecule has 1 N–H and O–H groups in total. The van der Waals surface area contributed by atoms with Gasteiger partial charge in [-0.3, -0.25) is 9.88 Å². The van der Waals surface area contributed by atoms with Gasteiger partial charge in [-0.15, -0.1) is 10.2 Å². The Hall–Kier alpha value is -3.91. The van der Waals surface area contributed by atoms with Crippen molar-refractivity contribution in [3.8, 4) is 11.4 Å². The molecule has 0 bridgehead atoms. The fourth-order valence-electron chi connectivity index (χ4n) is 4.88. The molecule has 8 nitrogen and oxygen atoms in total. The van der Waals surface area contributed by atoms with Crippen molar-refractivity contribution in [1.29, 1.82) is 0 Å². The van der Waals surface area contributed by atoms with E-state index in [9.17, 15) is 0 Å². The van der Waals surface area contributed by atoms with Crippen molar-refractivity contribution in [2.45, 2.75) is 38.4 Å². The molecule has 1 aliphatic rings. The molecule has 0 radical (unpaired) electrons. The van der Waals surface area contributed by atoms with Crippen molar-refractivity contribution in [3.63, 3.8) is 0 Å². The van der Waals surface area contributed by atoms with Crippen LogP contribution >= 0.6 is 0 Å². The molecule has 3 heterocycles. The summed E-state index contributed by atoms with van der Waals surface area (Å²) in [6.45, 7) is 1.52. The van der Waals surface area contributed by atoms with Crippen LogP contribution in [0.2, 0.25) is 0 Å². The van der Waals surface area contributed by atoms with E-state index in [2.05, 4.69) is 67.8 Å². The van der Waals surface area contributed by atoms with Crippen LogP contribution in [0.3, 0.4) is 0 Å². The van der Waals surface area contributed by atoms with E-state index in [0.29, 0.717) is 5.82 Å². The number of hydrogen-bond acceptors (Lipinski definition) is 6. The van der Waals surface area contributed by atoms with E-state index in [1.54, 1.807) is 7.05 Å². The third-order valence-corrected chi connectivity index (χ3v) is 6.50. The molecule has 0 fully saturated rings. The third-order valence-electron chi connectivity index (χ3n) is 6.50. The van der Waals surface area contributed by atoms with E-state index in [4.69, 9.17) is 9.97 Å². The number of imidazole rings is 1. The summed E-state index contributed by atoms with van der Waals surface area (Å²) >= 11 is 0. The maximum Gasteiger partial charge on any atom is 0.204 e. The van der Waals surface area contributed by atoms with Gasteiger partial charge >= 0.3 is 0 Å². The van der Waals surface area contributed by atoms with Gasteiger partial charge in [0.15, 0.2) is 0 Å². The molecule has 1 unspecified atom stereocenters. The number of H-pyrrole nitrogens is 1. The van der Waals surface area contributed by atoms with E-state index < -0.39 is 0 Å². The van der Waals surface area contributed by atoms with Crippen LogP contribution in [0.5, 0.6) is 0 Å². The van der Waals surface area contributed by atoms with Gasteiger partial charge in [0.25, 0.3) is 0 Å². The van der Waals surface area contributed by atoms with Crippen molar-refractivity contribution in [2.75, 3.05) is 0 Å². The minimum absolute atomic E-state index is 0.250. The van der Waals surface area contributed by atoms with Crippen LogP contribution in [0.15, 0.2) is 66.9 Å². The molecule has 0 amide bonds. The zero-order valence-corrected chi connectivity index (χ0v) is 19.1. The Morgan fingerprint density at radius 2 is 1.91 bits per heavy atom. The lowest BCUT2D eigenvalue weighted by Gasteiger charge is -2.34. The first-order chi connectivity index (χ1) is 16.7. The van der Waals surface area contributed by atoms with Crippen LogP contribution in [0.4, 0.5) is 0 Å². The summed E-state index contributed by atoms with van der Waals surface area (Å²) in [5.41, 5.74) is 6.82. The second-order valence-corrected chi connectivity index (χ2v) is 8.86. The third kappa shape index (κ3) is 4.08. The van der Waals surface area contributed by atoms with Gasteiger partial charge in [-0.2, -0.15) is 4.80 Å². The zero-order valence-electron chi connectivity index (χ0n) is 19.1. The molecule has 5 aromatic rings. The number of aromatic amines is 1. The Bertz CT molecular complexity index is 1390. The second-order valence-electron chi connectivity index (χ2n) is 8.86. The first-order valence-electron chi connectivity index (χ1n) is 11.7. The highest BCUT2D eigenvalue weighted by atomic mass is 15.6. The number of benzene rings is 2. The smallest absolute Gasteiger partial charge is 0.204 e. The zero-order chi connectivity index (χ0) is 22.9. The minimum Gasteiger partial charge on any atom is -0.341 e. The predicted molar refractivity (Wildman–Crippen MR) is 129 cm³/mol. The first kappa shape index (κ1) is 20.7. The lowest BCUT2D eigenvalue weighted by Crippen LogP contribution is -2.31. The number of fused-ring (bicyclic) bond motifs is 2. The first-order valence-corrected chi connectivity index (χ1v) is 11.7. The van der Waals surface area contributed by atoms with Gasteiger partial charge < -0.3 is 4.98 Å². The summed E-state index contributed by atoms with van der Waals surface area (Å²) in [6.07, 6.45) is 5.26. The van der Waals surface area contributed by atoms with Crippen LogP contribution in [-0.2, 0) is 26.6 Å². The summed E-state index contributed by atoms with van der Waals surface area (Å²) < 4.78 is 0. The Kier molecular flexibility index (Phi) is 5.35. The normalized spacial score (nSPS) is 15.6. The summed E-state index contributed by atoms with van der Waals surface area (Å²) in [5.74, 6) is 1.61. The monoisotopic (exact) mass is 450 g/mol. The maximum atomic E-state index is 4.86. The molecule has 170 valence electrons. The average Bonchev–Trinajstić information content (AvgIpc) is 3.49. The molecule has 0 saturated carbocycles. The van der Waals surface area contributed by atoms with E-state index in [-0.39, 0.29) is 6.04 Å². The molecular weight excluding hydrogens is 424 g/mol. The second kappa shape index (κ2) is 8.79. The van der Waals surface area contributed by atoms with E-state index in [0.717, 1.165) is 54.8 Å². The Morgan fingerprint density at radius 1 is 1.03 bits per heavy atom. The standard InChI is InChI=1S/C26H26N8/c1-33-31-26(30-32-33)20-13-11-18(12-14-20)16-34(17-24-28-21-8-2-3-9-22(21)29-24)23-10-4-6-19-7-5-15-27-25(19)23/h2-3,5,7-9,11-15,23H,4,6,10,16-17H2,1H3,(H,28,29). The van der Waals surface area contributed by atoms with Crippen LogP contribution in [-0.4, -0.2) is 40.1 Å². The highest BCUT2D eigenvalue weighted by Crippen LogP contribution is 2.35. The fraction of sp³-hybridized carbons (Fsp3) is 0.269. The van der Waals surface area contributed by atoms with Crippen LogP contribution in [0.1, 0.15) is 41.5 Å². The number of tetrazole rings is 1. The van der Waals surface area contributed by atoms with Gasteiger partial charge in [0.1, 0.15) is 5.82 Å². The topological polar surface area (TPSA) is 88.4 Å². The molecule has 2 aromatic carbocycles. The molecule has 34 heavy (non-hydrogen) atoms. The largest absolute Gasteiger partial charge is 0.341 e. The van der Waals surface area contributed by atoms with Crippen molar-refractivity contribution in [3.05, 3.63) is 89.5 Å².